The lowest BCUT2D eigenvalue weighted by Crippen LogP contribution is -2.46. The standard InChI is InChI=1S/C18H29NOS/c1-5-11-19-17-16(9-10-18(17,3)4)21(20)13-15-8-6-7-14(2)12-15/h6-8,12,16-17,19H,5,9-11,13H2,1-4H3. The molecule has 3 atom stereocenters. The van der Waals surface area contributed by atoms with E-state index in [1.165, 1.54) is 17.5 Å². The number of rotatable bonds is 6. The van der Waals surface area contributed by atoms with E-state index in [9.17, 15) is 4.21 Å². The Hall–Kier alpha value is -0.670. The summed E-state index contributed by atoms with van der Waals surface area (Å²) < 4.78 is 12.9. The molecule has 0 saturated heterocycles. The molecule has 3 unspecified atom stereocenters. The van der Waals surface area contributed by atoms with Gasteiger partial charge in [-0.25, -0.2) is 0 Å². The van der Waals surface area contributed by atoms with Gasteiger partial charge < -0.3 is 5.32 Å². The van der Waals surface area contributed by atoms with Crippen molar-refractivity contribution in [1.82, 2.24) is 5.32 Å². The second kappa shape index (κ2) is 7.06. The lowest BCUT2D eigenvalue weighted by Gasteiger charge is -2.31. The fraction of sp³-hybridized carbons (Fsp3) is 0.667. The third-order valence-corrected chi connectivity index (χ3v) is 6.43. The van der Waals surface area contributed by atoms with Crippen molar-refractivity contribution < 1.29 is 4.21 Å². The van der Waals surface area contributed by atoms with Crippen LogP contribution in [-0.2, 0) is 16.6 Å². The molecule has 1 aliphatic rings. The highest BCUT2D eigenvalue weighted by Crippen LogP contribution is 2.40. The summed E-state index contributed by atoms with van der Waals surface area (Å²) in [5.74, 6) is 0.687. The third kappa shape index (κ3) is 4.17. The maximum Gasteiger partial charge on any atom is 0.0510 e. The predicted molar refractivity (Wildman–Crippen MR) is 91.9 cm³/mol. The van der Waals surface area contributed by atoms with E-state index in [0.29, 0.717) is 11.8 Å². The smallest absolute Gasteiger partial charge is 0.0510 e. The molecule has 1 N–H and O–H groups in total. The monoisotopic (exact) mass is 307 g/mol. The summed E-state index contributed by atoms with van der Waals surface area (Å²) in [5, 5.41) is 3.94. The molecule has 1 aliphatic carbocycles. The Morgan fingerprint density at radius 3 is 2.81 bits per heavy atom. The van der Waals surface area contributed by atoms with Gasteiger partial charge in [0, 0.05) is 22.6 Å². The molecule has 0 radical (unpaired) electrons. The van der Waals surface area contributed by atoms with Gasteiger partial charge in [-0.05, 0) is 43.7 Å². The Kier molecular flexibility index (Phi) is 5.61. The number of benzene rings is 1. The molecule has 2 rings (SSSR count). The lowest BCUT2D eigenvalue weighted by atomic mass is 9.87. The molecule has 1 aromatic rings. The first-order chi connectivity index (χ1) is 9.94. The summed E-state index contributed by atoms with van der Waals surface area (Å²) in [7, 11) is -0.797. The molecular weight excluding hydrogens is 278 g/mol. The highest BCUT2D eigenvalue weighted by atomic mass is 32.2. The molecule has 1 aromatic carbocycles. The molecule has 0 bridgehead atoms. The largest absolute Gasteiger partial charge is 0.312 e. The average Bonchev–Trinajstić information content (AvgIpc) is 2.71. The van der Waals surface area contributed by atoms with Crippen molar-refractivity contribution in [3.63, 3.8) is 0 Å². The van der Waals surface area contributed by atoms with Crippen molar-refractivity contribution in [1.29, 1.82) is 0 Å². The van der Waals surface area contributed by atoms with E-state index in [1.54, 1.807) is 0 Å². The highest BCUT2D eigenvalue weighted by molar-refractivity contribution is 7.84. The normalized spacial score (nSPS) is 25.9. The first-order valence-corrected chi connectivity index (χ1v) is 9.48. The maximum atomic E-state index is 12.9. The van der Waals surface area contributed by atoms with Crippen LogP contribution in [0.5, 0.6) is 0 Å². The van der Waals surface area contributed by atoms with Gasteiger partial charge in [0.25, 0.3) is 0 Å². The van der Waals surface area contributed by atoms with Gasteiger partial charge >= 0.3 is 0 Å². The van der Waals surface area contributed by atoms with Crippen molar-refractivity contribution in [2.45, 2.75) is 64.0 Å². The van der Waals surface area contributed by atoms with Crippen LogP contribution >= 0.6 is 0 Å². The molecule has 0 amide bonds. The van der Waals surface area contributed by atoms with Crippen LogP contribution in [-0.4, -0.2) is 22.0 Å². The zero-order valence-corrected chi connectivity index (χ0v) is 14.6. The van der Waals surface area contributed by atoms with Crippen molar-refractivity contribution in [3.05, 3.63) is 35.4 Å². The summed E-state index contributed by atoms with van der Waals surface area (Å²) >= 11 is 0. The molecule has 1 saturated carbocycles. The molecule has 0 aliphatic heterocycles. The molecule has 118 valence electrons. The van der Waals surface area contributed by atoms with Gasteiger partial charge in [0.2, 0.25) is 0 Å². The van der Waals surface area contributed by atoms with Gasteiger partial charge in [0.1, 0.15) is 0 Å². The third-order valence-electron chi connectivity index (χ3n) is 4.63. The fourth-order valence-electron chi connectivity index (χ4n) is 3.40. The Labute approximate surface area is 132 Å². The highest BCUT2D eigenvalue weighted by Gasteiger charge is 2.44. The van der Waals surface area contributed by atoms with Crippen LogP contribution in [0.15, 0.2) is 24.3 Å². The minimum Gasteiger partial charge on any atom is -0.312 e. The van der Waals surface area contributed by atoms with Gasteiger partial charge in [-0.3, -0.25) is 4.21 Å². The minimum absolute atomic E-state index is 0.252. The number of aryl methyl sites for hydroxylation is 1. The zero-order valence-electron chi connectivity index (χ0n) is 13.8. The molecule has 0 aromatic heterocycles. The van der Waals surface area contributed by atoms with Crippen LogP contribution in [0.25, 0.3) is 0 Å². The van der Waals surface area contributed by atoms with Gasteiger partial charge in [0.05, 0.1) is 5.25 Å². The van der Waals surface area contributed by atoms with Crippen molar-refractivity contribution >= 4 is 10.8 Å². The van der Waals surface area contributed by atoms with Gasteiger partial charge in [-0.15, -0.1) is 0 Å². The second-order valence-corrected chi connectivity index (χ2v) is 8.67. The molecule has 21 heavy (non-hydrogen) atoms. The summed E-state index contributed by atoms with van der Waals surface area (Å²) in [5.41, 5.74) is 2.70. The van der Waals surface area contributed by atoms with E-state index in [4.69, 9.17) is 0 Å². The quantitative estimate of drug-likeness (QED) is 0.866. The fourth-order valence-corrected chi connectivity index (χ4v) is 5.27. The first kappa shape index (κ1) is 16.7. The van der Waals surface area contributed by atoms with Gasteiger partial charge in [0.15, 0.2) is 0 Å². The van der Waals surface area contributed by atoms with Crippen LogP contribution in [0.4, 0.5) is 0 Å². The maximum absolute atomic E-state index is 12.9. The molecule has 0 spiro atoms. The summed E-state index contributed by atoms with van der Waals surface area (Å²) in [6, 6.07) is 8.79. The van der Waals surface area contributed by atoms with Gasteiger partial charge in [-0.2, -0.15) is 0 Å². The van der Waals surface area contributed by atoms with E-state index in [1.807, 2.05) is 0 Å². The zero-order chi connectivity index (χ0) is 15.5. The molecule has 3 heteroatoms. The number of hydrogen-bond donors (Lipinski definition) is 1. The van der Waals surface area contributed by atoms with Crippen LogP contribution in [0.3, 0.4) is 0 Å². The Morgan fingerprint density at radius 2 is 2.14 bits per heavy atom. The minimum atomic E-state index is -0.797. The van der Waals surface area contributed by atoms with E-state index in [2.05, 4.69) is 57.3 Å². The molecule has 0 heterocycles. The Morgan fingerprint density at radius 1 is 1.38 bits per heavy atom. The summed E-state index contributed by atoms with van der Waals surface area (Å²) in [4.78, 5) is 0. The Bertz CT molecular complexity index is 498. The second-order valence-electron chi connectivity index (χ2n) is 7.01. The van der Waals surface area contributed by atoms with Crippen LogP contribution < -0.4 is 5.32 Å². The SMILES string of the molecule is CCCNC1C(S(=O)Cc2cccc(C)c2)CCC1(C)C. The van der Waals surface area contributed by atoms with Crippen LogP contribution in [0.2, 0.25) is 0 Å². The summed E-state index contributed by atoms with van der Waals surface area (Å²) in [6.07, 6.45) is 3.37. The summed E-state index contributed by atoms with van der Waals surface area (Å²) in [6.45, 7) is 9.92. The molecule has 2 nitrogen and oxygen atoms in total. The average molecular weight is 308 g/mol. The first-order valence-electron chi connectivity index (χ1n) is 8.10. The van der Waals surface area contributed by atoms with E-state index in [-0.39, 0.29) is 10.7 Å². The number of hydrogen-bond acceptors (Lipinski definition) is 2. The molecule has 1 fully saturated rings. The van der Waals surface area contributed by atoms with Crippen molar-refractivity contribution in [3.8, 4) is 0 Å². The van der Waals surface area contributed by atoms with Gasteiger partial charge in [-0.1, -0.05) is 50.6 Å². The topological polar surface area (TPSA) is 29.1 Å². The predicted octanol–water partition coefficient (Wildman–Crippen LogP) is 3.80. The lowest BCUT2D eigenvalue weighted by molar-refractivity contribution is 0.286. The Balaban J connectivity index is 2.06. The van der Waals surface area contributed by atoms with Crippen LogP contribution in [0, 0.1) is 12.3 Å². The van der Waals surface area contributed by atoms with Crippen molar-refractivity contribution in [2.75, 3.05) is 6.54 Å². The van der Waals surface area contributed by atoms with E-state index >= 15 is 0 Å². The van der Waals surface area contributed by atoms with E-state index < -0.39 is 10.8 Å². The van der Waals surface area contributed by atoms with Crippen molar-refractivity contribution in [2.24, 2.45) is 5.41 Å². The molecular formula is C18H29NOS. The van der Waals surface area contributed by atoms with E-state index in [0.717, 1.165) is 19.4 Å². The number of nitrogens with one attached hydrogen (secondary N) is 1. The van der Waals surface area contributed by atoms with Crippen LogP contribution in [0.1, 0.15) is 51.2 Å².